The van der Waals surface area contributed by atoms with Gasteiger partial charge in [0.25, 0.3) is 0 Å². The molecule has 0 spiro atoms. The van der Waals surface area contributed by atoms with Crippen LogP contribution in [-0.4, -0.2) is 77.8 Å². The number of carbonyl (C=O) groups excluding carboxylic acids is 2. The Kier molecular flexibility index (Phi) is 15.0. The van der Waals surface area contributed by atoms with Gasteiger partial charge in [0.2, 0.25) is 11.8 Å². The lowest BCUT2D eigenvalue weighted by molar-refractivity contribution is -0.114. The fraction of sp³-hybridized carbons (Fsp3) is 0.161. The zero-order valence-corrected chi connectivity index (χ0v) is 29.4. The van der Waals surface area contributed by atoms with Gasteiger partial charge in [-0.05, 0) is 36.5 Å². The van der Waals surface area contributed by atoms with Gasteiger partial charge in [-0.25, -0.2) is 15.0 Å². The third-order valence-corrected chi connectivity index (χ3v) is 7.80. The second-order valence-electron chi connectivity index (χ2n) is 9.49. The summed E-state index contributed by atoms with van der Waals surface area (Å²) in [6, 6.07) is 12.5. The summed E-state index contributed by atoms with van der Waals surface area (Å²) in [4.78, 5) is 44.1. The van der Waals surface area contributed by atoms with Crippen molar-refractivity contribution in [3.8, 4) is 23.0 Å². The molecule has 7 N–H and O–H groups in total. The fourth-order valence-corrected chi connectivity index (χ4v) is 5.16. The minimum atomic E-state index is -0.306. The van der Waals surface area contributed by atoms with Crippen molar-refractivity contribution >= 4 is 104 Å². The van der Waals surface area contributed by atoms with Gasteiger partial charge >= 0.3 is 0 Å². The smallest absolute Gasteiger partial charge is 0.239 e. The van der Waals surface area contributed by atoms with Crippen LogP contribution in [0.3, 0.4) is 0 Å². The number of nitrogens with one attached hydrogen (secondary N) is 5. The normalized spacial score (nSPS) is 10.2. The molecule has 0 aliphatic heterocycles. The number of carbonyl (C=O) groups is 2. The lowest BCUT2D eigenvalue weighted by Crippen LogP contribution is -2.14. The van der Waals surface area contributed by atoms with Crippen molar-refractivity contribution in [1.29, 1.82) is 0 Å². The Bertz CT molecular complexity index is 2140. The highest BCUT2D eigenvalue weighted by Gasteiger charge is 2.10. The number of thioether (sulfide) groups is 1. The minimum absolute atomic E-state index is 0. The predicted molar refractivity (Wildman–Crippen MR) is 200 cm³/mol. The van der Waals surface area contributed by atoms with Crippen LogP contribution in [0.15, 0.2) is 66.1 Å². The van der Waals surface area contributed by atoms with Gasteiger partial charge in [-0.2, -0.15) is 0 Å². The lowest BCUT2D eigenvalue weighted by atomic mass is 10.3. The quantitative estimate of drug-likeness (QED) is 0.0264. The average Bonchev–Trinajstić information content (AvgIpc) is 3.67. The van der Waals surface area contributed by atoms with E-state index in [2.05, 4.69) is 40.5 Å². The van der Waals surface area contributed by atoms with Crippen LogP contribution >= 0.6 is 58.8 Å². The van der Waals surface area contributed by atoms with Gasteiger partial charge < -0.3 is 45.3 Å². The SMILES string of the molecule is C.COc1cc(NC(=O)CCl)ccc1O.COc1cc(NC(=O)CSc2nc3cc(Cl)ncc3[nH]2)ccc1O.S=c1[nH]c2cnc(Cl)cc2[nH]1. The highest BCUT2D eigenvalue weighted by atomic mass is 35.5. The monoisotopic (exact) mass is 780 g/mol. The lowest BCUT2D eigenvalue weighted by Gasteiger charge is -2.07. The second kappa shape index (κ2) is 18.9. The highest BCUT2D eigenvalue weighted by Crippen LogP contribution is 2.30. The number of phenols is 2. The van der Waals surface area contributed by atoms with Crippen molar-refractivity contribution in [2.75, 3.05) is 36.5 Å². The Balaban J connectivity index is 0.000000221. The molecule has 0 fully saturated rings. The number of imidazole rings is 2. The molecule has 0 aliphatic carbocycles. The number of hydrogen-bond acceptors (Lipinski definition) is 11. The predicted octanol–water partition coefficient (Wildman–Crippen LogP) is 7.54. The maximum Gasteiger partial charge on any atom is 0.239 e. The maximum absolute atomic E-state index is 12.0. The summed E-state index contributed by atoms with van der Waals surface area (Å²) < 4.78 is 10.5. The molecular formula is C31H31Cl3N8O6S2. The van der Waals surface area contributed by atoms with Crippen molar-refractivity contribution in [2.45, 2.75) is 12.6 Å². The van der Waals surface area contributed by atoms with E-state index in [1.807, 2.05) is 0 Å². The first-order valence-electron chi connectivity index (χ1n) is 13.7. The van der Waals surface area contributed by atoms with Gasteiger partial charge in [-0.1, -0.05) is 42.4 Å². The third kappa shape index (κ3) is 11.4. The largest absolute Gasteiger partial charge is 0.504 e. The van der Waals surface area contributed by atoms with E-state index in [4.69, 9.17) is 56.5 Å². The molecule has 2 aromatic carbocycles. The Hall–Kier alpha value is -4.74. The molecule has 4 aromatic heterocycles. The Morgan fingerprint density at radius 2 is 1.36 bits per heavy atom. The standard InChI is InChI=1S/C15H13ClN4O3S.C9H10ClNO3.C6H4ClN3S.CH4/c1-23-12-4-8(2-3-11(12)21)18-14(22)7-24-15-19-9-5-13(16)17-6-10(9)20-15;1-14-8-4-6(2-3-7(8)12)11-9(13)5-10;7-5-1-3-4(2-8-5)10-6(11)9-3;/h2-6,21H,7H2,1H3,(H,18,22)(H,19,20);2-4,12H,5H2,1H3,(H,11,13);1-2H,(H2,9,10,11);1H4. The van der Waals surface area contributed by atoms with Crippen LogP contribution in [0.1, 0.15) is 7.43 Å². The zero-order chi connectivity index (χ0) is 35.5. The van der Waals surface area contributed by atoms with Gasteiger partial charge in [0.05, 0.1) is 54.4 Å². The minimum Gasteiger partial charge on any atom is -0.504 e. The molecule has 2 amide bonds. The molecule has 0 bridgehead atoms. The molecule has 0 unspecified atom stereocenters. The number of rotatable bonds is 8. The number of aromatic nitrogens is 6. The average molecular weight is 782 g/mol. The van der Waals surface area contributed by atoms with Crippen molar-refractivity contribution in [1.82, 2.24) is 29.9 Å². The molecule has 264 valence electrons. The number of halogens is 3. The number of methoxy groups -OCH3 is 2. The van der Waals surface area contributed by atoms with E-state index < -0.39 is 0 Å². The maximum atomic E-state index is 12.0. The molecule has 50 heavy (non-hydrogen) atoms. The Morgan fingerprint density at radius 3 is 1.94 bits per heavy atom. The summed E-state index contributed by atoms with van der Waals surface area (Å²) in [5.41, 5.74) is 4.28. The number of fused-ring (bicyclic) bond motifs is 2. The number of anilines is 2. The molecule has 4 heterocycles. The summed E-state index contributed by atoms with van der Waals surface area (Å²) in [5, 5.41) is 25.5. The van der Waals surface area contributed by atoms with Crippen LogP contribution in [0.25, 0.3) is 22.1 Å². The van der Waals surface area contributed by atoms with Crippen molar-refractivity contribution < 1.29 is 29.3 Å². The number of alkyl halides is 1. The van der Waals surface area contributed by atoms with E-state index in [-0.39, 0.29) is 42.4 Å². The number of pyridine rings is 2. The molecule has 0 saturated carbocycles. The molecule has 0 aliphatic rings. The van der Waals surface area contributed by atoms with Crippen molar-refractivity contribution in [3.05, 3.63) is 76.0 Å². The molecule has 19 heteroatoms. The molecule has 6 aromatic rings. The van der Waals surface area contributed by atoms with E-state index in [0.29, 0.717) is 48.6 Å². The van der Waals surface area contributed by atoms with Crippen LogP contribution in [0, 0.1) is 4.77 Å². The van der Waals surface area contributed by atoms with Gasteiger partial charge in [0, 0.05) is 35.6 Å². The Labute approximate surface area is 309 Å². The second-order valence-corrected chi connectivity index (χ2v) is 11.9. The van der Waals surface area contributed by atoms with Crippen LogP contribution in [0.2, 0.25) is 10.3 Å². The Morgan fingerprint density at radius 1 is 0.820 bits per heavy atom. The number of amides is 2. The number of nitrogens with zero attached hydrogens (tertiary/aromatic N) is 3. The molecule has 6 rings (SSSR count). The molecule has 0 atom stereocenters. The van der Waals surface area contributed by atoms with Gasteiger partial charge in [-0.3, -0.25) is 9.59 Å². The fourth-order valence-electron chi connectivity index (χ4n) is 3.87. The number of ether oxygens (including phenoxy) is 2. The van der Waals surface area contributed by atoms with Crippen LogP contribution in [-0.2, 0) is 9.59 Å². The number of aromatic hydroxyl groups is 2. The van der Waals surface area contributed by atoms with Gasteiger partial charge in [0.15, 0.2) is 32.9 Å². The van der Waals surface area contributed by atoms with Gasteiger partial charge in [-0.15, -0.1) is 11.6 Å². The first-order chi connectivity index (χ1) is 23.5. The number of hydrogen-bond donors (Lipinski definition) is 7. The number of H-pyrrole nitrogens is 3. The van der Waals surface area contributed by atoms with Crippen LogP contribution in [0.5, 0.6) is 23.0 Å². The number of aromatic amines is 3. The van der Waals surface area contributed by atoms with Crippen LogP contribution < -0.4 is 20.1 Å². The first-order valence-corrected chi connectivity index (χ1v) is 16.4. The molecule has 0 saturated heterocycles. The summed E-state index contributed by atoms with van der Waals surface area (Å²) in [7, 11) is 2.88. The van der Waals surface area contributed by atoms with Crippen molar-refractivity contribution in [2.24, 2.45) is 0 Å². The molecular weight excluding hydrogens is 751 g/mol. The van der Waals surface area contributed by atoms with E-state index in [1.54, 1.807) is 42.7 Å². The van der Waals surface area contributed by atoms with E-state index in [9.17, 15) is 19.8 Å². The third-order valence-electron chi connectivity index (χ3n) is 6.07. The molecule has 0 radical (unpaired) electrons. The number of phenolic OH excluding ortho intramolecular Hbond substituents is 2. The van der Waals surface area contributed by atoms with Crippen LogP contribution in [0.4, 0.5) is 11.4 Å². The summed E-state index contributed by atoms with van der Waals surface area (Å²) in [6.07, 6.45) is 3.24. The summed E-state index contributed by atoms with van der Waals surface area (Å²) >= 11 is 22.9. The van der Waals surface area contributed by atoms with E-state index in [1.165, 1.54) is 44.2 Å². The highest BCUT2D eigenvalue weighted by molar-refractivity contribution is 7.99. The van der Waals surface area contributed by atoms with E-state index >= 15 is 0 Å². The topological polar surface area (TPSA) is 203 Å². The first kappa shape index (κ1) is 39.7. The van der Waals surface area contributed by atoms with Gasteiger partial charge in [0.1, 0.15) is 16.2 Å². The summed E-state index contributed by atoms with van der Waals surface area (Å²) in [5.74, 6) is 0.187. The molecule has 14 nitrogen and oxygen atoms in total. The summed E-state index contributed by atoms with van der Waals surface area (Å²) in [6.45, 7) is 0. The zero-order valence-electron chi connectivity index (χ0n) is 25.5. The van der Waals surface area contributed by atoms with Crippen molar-refractivity contribution in [3.63, 3.8) is 0 Å². The van der Waals surface area contributed by atoms with E-state index in [0.717, 1.165) is 16.6 Å². The number of benzene rings is 2.